The molecule has 0 unspecified atom stereocenters. The molecule has 0 aliphatic carbocycles. The molecule has 0 amide bonds. The zero-order valence-corrected chi connectivity index (χ0v) is 11.8. The van der Waals surface area contributed by atoms with Crippen molar-refractivity contribution >= 4 is 27.8 Å². The number of hydrogen-bond donors (Lipinski definition) is 0. The van der Waals surface area contributed by atoms with E-state index in [2.05, 4.69) is 33.7 Å². The minimum atomic E-state index is 0.646. The molecular formula is C13H16N5S+. The molecule has 0 saturated carbocycles. The quantitative estimate of drug-likeness (QED) is 0.620. The number of rotatable bonds is 5. The molecule has 1 aromatic carbocycles. The van der Waals surface area contributed by atoms with Crippen LogP contribution in [0.4, 0.5) is 16.5 Å². The van der Waals surface area contributed by atoms with Gasteiger partial charge in [0.2, 0.25) is 0 Å². The van der Waals surface area contributed by atoms with E-state index in [0.29, 0.717) is 5.13 Å². The van der Waals surface area contributed by atoms with Crippen molar-refractivity contribution in [3.05, 3.63) is 42.6 Å². The average molecular weight is 274 g/mol. The van der Waals surface area contributed by atoms with Crippen LogP contribution in [0.1, 0.15) is 6.92 Å². The fourth-order valence-electron chi connectivity index (χ4n) is 1.58. The van der Waals surface area contributed by atoms with Crippen molar-refractivity contribution in [3.8, 4) is 0 Å². The molecule has 1 aromatic heterocycles. The number of anilines is 1. The summed E-state index contributed by atoms with van der Waals surface area (Å²) in [4.78, 5) is 2.06. The third kappa shape index (κ3) is 3.45. The molecule has 5 nitrogen and oxygen atoms in total. The van der Waals surface area contributed by atoms with Gasteiger partial charge in [-0.2, -0.15) is 0 Å². The van der Waals surface area contributed by atoms with Crippen LogP contribution in [-0.4, -0.2) is 11.6 Å². The monoisotopic (exact) mass is 274 g/mol. The van der Waals surface area contributed by atoms with Gasteiger partial charge in [0.05, 0.1) is 5.69 Å². The molecule has 0 atom stereocenters. The Hall–Kier alpha value is -2.08. The minimum absolute atomic E-state index is 0.646. The highest BCUT2D eigenvalue weighted by molar-refractivity contribution is 7.12. The predicted molar refractivity (Wildman–Crippen MR) is 77.1 cm³/mol. The third-order valence-corrected chi connectivity index (χ3v) is 3.33. The largest absolute Gasteiger partial charge is 0.349 e. The highest BCUT2D eigenvalue weighted by atomic mass is 32.1. The van der Waals surface area contributed by atoms with Gasteiger partial charge in [0.25, 0.3) is 10.6 Å². The van der Waals surface area contributed by atoms with Gasteiger partial charge >= 0.3 is 0 Å². The van der Waals surface area contributed by atoms with Gasteiger partial charge in [0, 0.05) is 17.3 Å². The van der Waals surface area contributed by atoms with Gasteiger partial charge in [0.1, 0.15) is 0 Å². The summed E-state index contributed by atoms with van der Waals surface area (Å²) in [6, 6.07) is 7.86. The molecule has 19 heavy (non-hydrogen) atoms. The van der Waals surface area contributed by atoms with Gasteiger partial charge in [0.15, 0.2) is 7.05 Å². The van der Waals surface area contributed by atoms with Crippen LogP contribution < -0.4 is 9.58 Å². The van der Waals surface area contributed by atoms with Crippen LogP contribution in [0.3, 0.4) is 0 Å². The van der Waals surface area contributed by atoms with Crippen molar-refractivity contribution in [1.82, 2.24) is 5.10 Å². The predicted octanol–water partition coefficient (Wildman–Crippen LogP) is 3.35. The Kier molecular flexibility index (Phi) is 4.35. The number of hydrogen-bond acceptors (Lipinski definition) is 5. The van der Waals surface area contributed by atoms with Gasteiger partial charge in [-0.1, -0.05) is 11.3 Å². The standard InChI is InChI=1S/C13H16N5S/c1-4-18(5-2)12-8-6-11(7-9-12)14-15-13-16-17(3)10-19-13/h4,6-10H,1,5H2,2-3H3/q+1. The molecule has 2 rings (SSSR count). The summed E-state index contributed by atoms with van der Waals surface area (Å²) < 4.78 is 1.71. The molecule has 1 heterocycles. The van der Waals surface area contributed by atoms with Crippen molar-refractivity contribution in [2.45, 2.75) is 6.92 Å². The fourth-order valence-corrected chi connectivity index (χ4v) is 2.14. The lowest BCUT2D eigenvalue weighted by Gasteiger charge is -2.17. The van der Waals surface area contributed by atoms with Crippen LogP contribution in [-0.2, 0) is 7.05 Å². The topological polar surface area (TPSA) is 44.7 Å². The maximum atomic E-state index is 4.16. The second-order valence-corrected chi connectivity index (χ2v) is 4.68. The van der Waals surface area contributed by atoms with E-state index in [1.165, 1.54) is 11.3 Å². The number of azo groups is 1. The zero-order valence-electron chi connectivity index (χ0n) is 11.0. The average Bonchev–Trinajstić information content (AvgIpc) is 2.85. The van der Waals surface area contributed by atoms with Crippen LogP contribution in [0, 0.1) is 0 Å². The molecule has 0 saturated heterocycles. The van der Waals surface area contributed by atoms with Gasteiger partial charge in [-0.15, -0.1) is 10.2 Å². The highest BCUT2D eigenvalue weighted by Crippen LogP contribution is 2.22. The molecule has 0 spiro atoms. The van der Waals surface area contributed by atoms with Crippen LogP contribution in [0.15, 0.2) is 52.8 Å². The number of nitrogens with zero attached hydrogens (tertiary/aromatic N) is 5. The van der Waals surface area contributed by atoms with Crippen LogP contribution in [0.25, 0.3) is 0 Å². The molecule has 2 aromatic rings. The Morgan fingerprint density at radius 1 is 1.37 bits per heavy atom. The molecule has 0 aliphatic heterocycles. The summed E-state index contributed by atoms with van der Waals surface area (Å²) in [6.07, 6.45) is 1.81. The number of aromatic nitrogens is 2. The van der Waals surface area contributed by atoms with E-state index in [-0.39, 0.29) is 0 Å². The van der Waals surface area contributed by atoms with E-state index in [1.807, 2.05) is 43.0 Å². The molecule has 6 heteroatoms. The van der Waals surface area contributed by atoms with E-state index in [9.17, 15) is 0 Å². The van der Waals surface area contributed by atoms with E-state index < -0.39 is 0 Å². The summed E-state index contributed by atoms with van der Waals surface area (Å²) in [5.74, 6) is 0. The second kappa shape index (κ2) is 6.19. The maximum Gasteiger partial charge on any atom is 0.299 e. The van der Waals surface area contributed by atoms with Crippen molar-refractivity contribution < 1.29 is 4.68 Å². The summed E-state index contributed by atoms with van der Waals surface area (Å²) >= 11 is 1.45. The summed E-state index contributed by atoms with van der Waals surface area (Å²) in [6.45, 7) is 6.75. The Morgan fingerprint density at radius 3 is 2.63 bits per heavy atom. The SMILES string of the molecule is C=CN(CC)c1ccc(N=Nc2n[n+](C)cs2)cc1. The van der Waals surface area contributed by atoms with Crippen molar-refractivity contribution in [3.63, 3.8) is 0 Å². The number of aryl methyl sites for hydroxylation is 1. The second-order valence-electron chi connectivity index (χ2n) is 3.86. The fraction of sp³-hybridized carbons (Fsp3) is 0.231. The van der Waals surface area contributed by atoms with E-state index in [1.54, 1.807) is 4.68 Å². The Morgan fingerprint density at radius 2 is 2.11 bits per heavy atom. The number of benzene rings is 1. The maximum absolute atomic E-state index is 4.16. The van der Waals surface area contributed by atoms with Crippen LogP contribution in [0.5, 0.6) is 0 Å². The lowest BCUT2D eigenvalue weighted by Crippen LogP contribution is -2.27. The molecule has 0 radical (unpaired) electrons. The first-order valence-electron chi connectivity index (χ1n) is 5.95. The van der Waals surface area contributed by atoms with E-state index in [4.69, 9.17) is 0 Å². The van der Waals surface area contributed by atoms with Gasteiger partial charge in [-0.05, 0) is 48.7 Å². The molecule has 0 bridgehead atoms. The smallest absolute Gasteiger partial charge is 0.299 e. The molecular weight excluding hydrogens is 258 g/mol. The molecule has 0 fully saturated rings. The molecule has 98 valence electrons. The van der Waals surface area contributed by atoms with Crippen LogP contribution in [0.2, 0.25) is 0 Å². The van der Waals surface area contributed by atoms with Crippen LogP contribution >= 0.6 is 11.3 Å². The first kappa shape index (κ1) is 13.4. The zero-order chi connectivity index (χ0) is 13.7. The lowest BCUT2D eigenvalue weighted by molar-refractivity contribution is -0.724. The van der Waals surface area contributed by atoms with Gasteiger partial charge in [-0.25, -0.2) is 0 Å². The lowest BCUT2D eigenvalue weighted by atomic mass is 10.2. The Labute approximate surface area is 116 Å². The molecule has 0 N–H and O–H groups in total. The highest BCUT2D eigenvalue weighted by Gasteiger charge is 2.03. The van der Waals surface area contributed by atoms with Gasteiger partial charge < -0.3 is 4.90 Å². The van der Waals surface area contributed by atoms with E-state index >= 15 is 0 Å². The Bertz CT molecular complexity index is 573. The first-order valence-corrected chi connectivity index (χ1v) is 6.83. The normalized spacial score (nSPS) is 10.8. The van der Waals surface area contributed by atoms with E-state index in [0.717, 1.165) is 17.9 Å². The summed E-state index contributed by atoms with van der Waals surface area (Å²) in [7, 11) is 1.86. The minimum Gasteiger partial charge on any atom is -0.349 e. The summed E-state index contributed by atoms with van der Waals surface area (Å²) in [5.41, 5.74) is 3.78. The first-order chi connectivity index (χ1) is 9.22. The van der Waals surface area contributed by atoms with Gasteiger partial charge in [-0.3, -0.25) is 0 Å². The van der Waals surface area contributed by atoms with Crippen molar-refractivity contribution in [1.29, 1.82) is 0 Å². The Balaban J connectivity index is 2.10. The van der Waals surface area contributed by atoms with Crippen molar-refractivity contribution in [2.75, 3.05) is 11.4 Å². The third-order valence-electron chi connectivity index (χ3n) is 2.55. The summed E-state index contributed by atoms with van der Waals surface area (Å²) in [5, 5.41) is 13.0. The molecule has 0 aliphatic rings. The van der Waals surface area contributed by atoms with Crippen molar-refractivity contribution in [2.24, 2.45) is 17.3 Å².